The van der Waals surface area contributed by atoms with Crippen LogP contribution in [0.25, 0.3) is 6.08 Å². The molecule has 1 heterocycles. The highest BCUT2D eigenvalue weighted by Crippen LogP contribution is 2.32. The number of fused-ring (bicyclic) bond motifs is 1. The second kappa shape index (κ2) is 7.86. The Labute approximate surface area is 160 Å². The van der Waals surface area contributed by atoms with E-state index >= 15 is 0 Å². The molecule has 2 aromatic rings. The number of aryl methyl sites for hydroxylation is 3. The summed E-state index contributed by atoms with van der Waals surface area (Å²) in [5.74, 6) is 0.667. The van der Waals surface area contributed by atoms with Gasteiger partial charge in [-0.3, -0.25) is 4.98 Å². The lowest BCUT2D eigenvalue weighted by Crippen LogP contribution is -2.07. The van der Waals surface area contributed by atoms with Gasteiger partial charge in [0, 0.05) is 10.2 Å². The van der Waals surface area contributed by atoms with Crippen LogP contribution in [0.4, 0.5) is 0 Å². The van der Waals surface area contributed by atoms with E-state index in [1.54, 1.807) is 11.1 Å². The molecule has 0 bridgehead atoms. The maximum atomic E-state index is 4.91. The number of aromatic nitrogens is 1. The standard InChI is InChI=1S/C23H28BrN/c1-5-6-7-8-19-14-22(24)23(25-17(19)4)13-18-11-20-9-15(2)16(3)10-21(20)12-18/h7-10,14,18H,5-6,11-13H2,1-4H3/b8-7+. The van der Waals surface area contributed by atoms with Crippen molar-refractivity contribution in [3.63, 3.8) is 0 Å². The Balaban J connectivity index is 1.75. The summed E-state index contributed by atoms with van der Waals surface area (Å²) in [5.41, 5.74) is 9.48. The summed E-state index contributed by atoms with van der Waals surface area (Å²) < 4.78 is 1.15. The molecular formula is C23H28BrN. The first-order chi connectivity index (χ1) is 12.0. The molecule has 0 N–H and O–H groups in total. The third-order valence-electron chi connectivity index (χ3n) is 5.35. The molecule has 0 aliphatic heterocycles. The van der Waals surface area contributed by atoms with Gasteiger partial charge in [-0.25, -0.2) is 0 Å². The highest BCUT2D eigenvalue weighted by molar-refractivity contribution is 9.10. The lowest BCUT2D eigenvalue weighted by Gasteiger charge is -2.12. The average molecular weight is 398 g/mol. The molecule has 0 spiro atoms. The summed E-state index contributed by atoms with van der Waals surface area (Å²) in [6, 6.07) is 7.01. The molecule has 0 saturated carbocycles. The largest absolute Gasteiger partial charge is 0.256 e. The molecule has 1 aromatic heterocycles. The Kier molecular flexibility index (Phi) is 5.78. The molecule has 3 rings (SSSR count). The fraction of sp³-hybridized carbons (Fsp3) is 0.435. The maximum Gasteiger partial charge on any atom is 0.0552 e. The summed E-state index contributed by atoms with van der Waals surface area (Å²) >= 11 is 3.76. The summed E-state index contributed by atoms with van der Waals surface area (Å²) in [6.45, 7) is 8.76. The zero-order chi connectivity index (χ0) is 18.0. The lowest BCUT2D eigenvalue weighted by atomic mass is 9.99. The smallest absolute Gasteiger partial charge is 0.0552 e. The highest BCUT2D eigenvalue weighted by atomic mass is 79.9. The summed E-state index contributed by atoms with van der Waals surface area (Å²) in [4.78, 5) is 4.91. The predicted molar refractivity (Wildman–Crippen MR) is 111 cm³/mol. The van der Waals surface area contributed by atoms with Gasteiger partial charge in [-0.15, -0.1) is 0 Å². The molecule has 0 amide bonds. The van der Waals surface area contributed by atoms with Crippen LogP contribution in [0.5, 0.6) is 0 Å². The van der Waals surface area contributed by atoms with Crippen LogP contribution in [0.1, 0.15) is 59.0 Å². The number of halogens is 1. The quantitative estimate of drug-likeness (QED) is 0.557. The van der Waals surface area contributed by atoms with Crippen molar-refractivity contribution < 1.29 is 0 Å². The third kappa shape index (κ3) is 4.23. The summed E-state index contributed by atoms with van der Waals surface area (Å²) in [6.07, 6.45) is 10.2. The molecule has 0 saturated heterocycles. The Bertz CT molecular complexity index is 773. The van der Waals surface area contributed by atoms with Gasteiger partial charge in [0.05, 0.1) is 5.69 Å². The summed E-state index contributed by atoms with van der Waals surface area (Å²) in [7, 11) is 0. The van der Waals surface area contributed by atoms with E-state index < -0.39 is 0 Å². The van der Waals surface area contributed by atoms with E-state index in [9.17, 15) is 0 Å². The first-order valence-electron chi connectivity index (χ1n) is 9.39. The first kappa shape index (κ1) is 18.4. The minimum absolute atomic E-state index is 0.667. The van der Waals surface area contributed by atoms with E-state index in [0.29, 0.717) is 5.92 Å². The van der Waals surface area contributed by atoms with Crippen molar-refractivity contribution in [2.24, 2.45) is 5.92 Å². The lowest BCUT2D eigenvalue weighted by molar-refractivity contribution is 0.549. The van der Waals surface area contributed by atoms with E-state index in [0.717, 1.165) is 23.0 Å². The van der Waals surface area contributed by atoms with Crippen LogP contribution in [0.2, 0.25) is 0 Å². The number of pyridine rings is 1. The molecular weight excluding hydrogens is 370 g/mol. The molecule has 25 heavy (non-hydrogen) atoms. The van der Waals surface area contributed by atoms with Gasteiger partial charge >= 0.3 is 0 Å². The zero-order valence-corrected chi connectivity index (χ0v) is 17.4. The fourth-order valence-electron chi connectivity index (χ4n) is 3.76. The Morgan fingerprint density at radius 2 is 1.72 bits per heavy atom. The number of unbranched alkanes of at least 4 members (excludes halogenated alkanes) is 1. The molecule has 0 radical (unpaired) electrons. The SMILES string of the molecule is CCC/C=C/c1cc(Br)c(CC2Cc3cc(C)c(C)cc3C2)nc1C. The van der Waals surface area contributed by atoms with Crippen molar-refractivity contribution in [3.05, 3.63) is 68.0 Å². The van der Waals surface area contributed by atoms with Crippen LogP contribution in [-0.2, 0) is 19.3 Å². The Morgan fingerprint density at radius 3 is 2.32 bits per heavy atom. The van der Waals surface area contributed by atoms with Crippen LogP contribution in [0.15, 0.2) is 28.7 Å². The molecule has 1 aliphatic carbocycles. The van der Waals surface area contributed by atoms with E-state index in [1.807, 2.05) is 0 Å². The molecule has 1 nitrogen and oxygen atoms in total. The minimum atomic E-state index is 0.667. The Morgan fingerprint density at radius 1 is 1.08 bits per heavy atom. The average Bonchev–Trinajstić information content (AvgIpc) is 2.93. The van der Waals surface area contributed by atoms with E-state index in [2.05, 4.69) is 74.0 Å². The van der Waals surface area contributed by atoms with Crippen molar-refractivity contribution in [3.8, 4) is 0 Å². The van der Waals surface area contributed by atoms with Gasteiger partial charge in [0.15, 0.2) is 0 Å². The molecule has 2 heteroatoms. The van der Waals surface area contributed by atoms with Crippen molar-refractivity contribution in [1.29, 1.82) is 0 Å². The summed E-state index contributed by atoms with van der Waals surface area (Å²) in [5, 5.41) is 0. The van der Waals surface area contributed by atoms with Gasteiger partial charge in [0.2, 0.25) is 0 Å². The van der Waals surface area contributed by atoms with Crippen molar-refractivity contribution in [1.82, 2.24) is 4.98 Å². The number of rotatable bonds is 5. The highest BCUT2D eigenvalue weighted by Gasteiger charge is 2.23. The molecule has 132 valence electrons. The van der Waals surface area contributed by atoms with Crippen LogP contribution >= 0.6 is 15.9 Å². The number of allylic oxidation sites excluding steroid dienone is 1. The number of benzene rings is 1. The molecule has 1 aliphatic rings. The van der Waals surface area contributed by atoms with Gasteiger partial charge in [-0.05, 0) is 102 Å². The topological polar surface area (TPSA) is 12.9 Å². The first-order valence-corrected chi connectivity index (χ1v) is 10.2. The van der Waals surface area contributed by atoms with Crippen molar-refractivity contribution >= 4 is 22.0 Å². The van der Waals surface area contributed by atoms with Crippen LogP contribution in [0, 0.1) is 26.7 Å². The molecule has 0 fully saturated rings. The molecule has 0 atom stereocenters. The van der Waals surface area contributed by atoms with Crippen molar-refractivity contribution in [2.45, 2.75) is 59.8 Å². The Hall–Kier alpha value is -1.41. The van der Waals surface area contributed by atoms with Gasteiger partial charge in [0.1, 0.15) is 0 Å². The van der Waals surface area contributed by atoms with E-state index in [4.69, 9.17) is 4.98 Å². The third-order valence-corrected chi connectivity index (χ3v) is 6.03. The van der Waals surface area contributed by atoms with Gasteiger partial charge in [-0.2, -0.15) is 0 Å². The van der Waals surface area contributed by atoms with Gasteiger partial charge in [-0.1, -0.05) is 37.6 Å². The normalized spacial score (nSPS) is 14.4. The molecule has 0 unspecified atom stereocenters. The van der Waals surface area contributed by atoms with Gasteiger partial charge in [0.25, 0.3) is 0 Å². The van der Waals surface area contributed by atoms with Crippen LogP contribution < -0.4 is 0 Å². The maximum absolute atomic E-state index is 4.91. The minimum Gasteiger partial charge on any atom is -0.256 e. The van der Waals surface area contributed by atoms with Gasteiger partial charge < -0.3 is 0 Å². The molecule has 1 aromatic carbocycles. The second-order valence-electron chi connectivity index (χ2n) is 7.47. The fourth-order valence-corrected chi connectivity index (χ4v) is 4.26. The van der Waals surface area contributed by atoms with E-state index in [1.165, 1.54) is 41.6 Å². The predicted octanol–water partition coefficient (Wildman–Crippen LogP) is 6.54. The van der Waals surface area contributed by atoms with E-state index in [-0.39, 0.29) is 0 Å². The zero-order valence-electron chi connectivity index (χ0n) is 15.8. The number of hydrogen-bond acceptors (Lipinski definition) is 1. The monoisotopic (exact) mass is 397 g/mol. The number of nitrogens with zero attached hydrogens (tertiary/aromatic N) is 1. The second-order valence-corrected chi connectivity index (χ2v) is 8.32. The number of hydrogen-bond donors (Lipinski definition) is 0. The van der Waals surface area contributed by atoms with Crippen LogP contribution in [-0.4, -0.2) is 4.98 Å². The van der Waals surface area contributed by atoms with Crippen LogP contribution in [0.3, 0.4) is 0 Å². The van der Waals surface area contributed by atoms with Crippen molar-refractivity contribution in [2.75, 3.05) is 0 Å².